The van der Waals surface area contributed by atoms with Crippen molar-refractivity contribution in [2.24, 2.45) is 17.8 Å². The van der Waals surface area contributed by atoms with Crippen LogP contribution in [0.2, 0.25) is 0 Å². The minimum atomic E-state index is -4.84. The Morgan fingerprint density at radius 2 is 1.23 bits per heavy atom. The third kappa shape index (κ3) is 8.69. The third-order valence-corrected chi connectivity index (χ3v) is 9.74. The molecule has 0 N–H and O–H groups in total. The molecule has 260 valence electrons. The molecule has 0 amide bonds. The van der Waals surface area contributed by atoms with Gasteiger partial charge in [-0.05, 0) is 91.0 Å². The van der Waals surface area contributed by atoms with E-state index in [1.54, 1.807) is 12.1 Å². The van der Waals surface area contributed by atoms with Crippen molar-refractivity contribution in [3.05, 3.63) is 95.3 Å². The summed E-state index contributed by atoms with van der Waals surface area (Å²) < 4.78 is 134. The summed E-state index contributed by atoms with van der Waals surface area (Å²) in [5.74, 6) is -6.36. The normalized spacial score (nSPS) is 22.2. The SMILES string of the molecule is CCCC1CCC(C2CCC(c3ccc(-c4cc(F)c(C(F)(F)Oc5cc(F)c(OC=CC(F)(F)F)c(F)c5)c(F)c4)cc3)CC2)CC1. The molecule has 2 saturated carbocycles. The Bertz CT molecular complexity index is 1520. The van der Waals surface area contributed by atoms with Gasteiger partial charge in [-0.2, -0.15) is 22.0 Å². The Balaban J connectivity index is 1.22. The second-order valence-electron chi connectivity index (χ2n) is 12.9. The van der Waals surface area contributed by atoms with Gasteiger partial charge in [0, 0.05) is 12.1 Å². The Morgan fingerprint density at radius 1 is 0.688 bits per heavy atom. The average molecular weight is 685 g/mol. The van der Waals surface area contributed by atoms with Crippen LogP contribution in [-0.4, -0.2) is 6.18 Å². The summed E-state index contributed by atoms with van der Waals surface area (Å²) in [6.45, 7) is 2.25. The standard InChI is InChI=1S/C37H37F9O2/c1-2-3-22-4-6-23(7-5-22)24-8-10-25(11-9-24)26-12-14-27(15-13-26)28-18-30(38)34(31(39)19-28)37(45,46)48-29-20-32(40)35(33(41)21-29)47-17-16-36(42,43)44/h12-25H,2-11H2,1H3. The summed E-state index contributed by atoms with van der Waals surface area (Å²) in [6, 6.07) is 8.98. The highest BCUT2D eigenvalue weighted by Crippen LogP contribution is 2.45. The lowest BCUT2D eigenvalue weighted by molar-refractivity contribution is -0.189. The van der Waals surface area contributed by atoms with Crippen LogP contribution in [0.15, 0.2) is 60.9 Å². The van der Waals surface area contributed by atoms with Gasteiger partial charge in [-0.1, -0.05) is 56.9 Å². The fourth-order valence-electron chi connectivity index (χ4n) is 7.33. The average Bonchev–Trinajstić information content (AvgIpc) is 3.02. The van der Waals surface area contributed by atoms with Crippen LogP contribution in [0.5, 0.6) is 11.5 Å². The van der Waals surface area contributed by atoms with Crippen molar-refractivity contribution in [1.29, 1.82) is 0 Å². The predicted octanol–water partition coefficient (Wildman–Crippen LogP) is 12.4. The van der Waals surface area contributed by atoms with Gasteiger partial charge in [0.15, 0.2) is 17.4 Å². The second kappa shape index (κ2) is 14.9. The van der Waals surface area contributed by atoms with E-state index in [1.807, 2.05) is 12.1 Å². The first-order valence-corrected chi connectivity index (χ1v) is 16.3. The Hall–Kier alpha value is -3.63. The number of rotatable bonds is 10. The van der Waals surface area contributed by atoms with Gasteiger partial charge in [-0.25, -0.2) is 17.6 Å². The maximum atomic E-state index is 15.0. The minimum Gasteiger partial charge on any atom is -0.459 e. The predicted molar refractivity (Wildman–Crippen MR) is 164 cm³/mol. The van der Waals surface area contributed by atoms with Gasteiger partial charge in [-0.15, -0.1) is 0 Å². The van der Waals surface area contributed by atoms with E-state index in [1.165, 1.54) is 51.4 Å². The quantitative estimate of drug-likeness (QED) is 0.156. The molecule has 0 aliphatic heterocycles. The van der Waals surface area contributed by atoms with Crippen molar-refractivity contribution in [2.75, 3.05) is 0 Å². The lowest BCUT2D eigenvalue weighted by atomic mass is 9.68. The molecule has 3 aromatic carbocycles. The summed E-state index contributed by atoms with van der Waals surface area (Å²) >= 11 is 0. The molecule has 2 aliphatic carbocycles. The Labute approximate surface area is 273 Å². The molecule has 2 aliphatic rings. The highest BCUT2D eigenvalue weighted by atomic mass is 19.4. The first kappa shape index (κ1) is 35.7. The molecule has 0 unspecified atom stereocenters. The van der Waals surface area contributed by atoms with Crippen LogP contribution in [0, 0.1) is 41.0 Å². The van der Waals surface area contributed by atoms with Crippen LogP contribution in [-0.2, 0) is 6.11 Å². The van der Waals surface area contributed by atoms with E-state index in [2.05, 4.69) is 16.4 Å². The molecule has 0 radical (unpaired) electrons. The van der Waals surface area contributed by atoms with E-state index in [0.29, 0.717) is 11.5 Å². The summed E-state index contributed by atoms with van der Waals surface area (Å²) in [7, 11) is 0. The molecule has 0 aromatic heterocycles. The fourth-order valence-corrected chi connectivity index (χ4v) is 7.33. The van der Waals surface area contributed by atoms with E-state index in [4.69, 9.17) is 0 Å². The van der Waals surface area contributed by atoms with Crippen LogP contribution in [0.3, 0.4) is 0 Å². The van der Waals surface area contributed by atoms with Crippen LogP contribution < -0.4 is 9.47 Å². The van der Waals surface area contributed by atoms with E-state index in [0.717, 1.165) is 48.3 Å². The number of ether oxygens (including phenoxy) is 2. The van der Waals surface area contributed by atoms with Gasteiger partial charge in [0.05, 0.1) is 12.3 Å². The van der Waals surface area contributed by atoms with Crippen LogP contribution in [0.1, 0.15) is 88.2 Å². The smallest absolute Gasteiger partial charge is 0.432 e. The third-order valence-electron chi connectivity index (χ3n) is 9.74. The molecular formula is C37H37F9O2. The Morgan fingerprint density at radius 3 is 1.75 bits per heavy atom. The van der Waals surface area contributed by atoms with Crippen molar-refractivity contribution < 1.29 is 49.0 Å². The van der Waals surface area contributed by atoms with Gasteiger partial charge < -0.3 is 9.47 Å². The number of alkyl halides is 5. The lowest BCUT2D eigenvalue weighted by Gasteiger charge is -2.38. The Kier molecular flexibility index (Phi) is 11.0. The number of halogens is 9. The molecular weight excluding hydrogens is 647 g/mol. The summed E-state index contributed by atoms with van der Waals surface area (Å²) in [5.41, 5.74) is -0.255. The first-order chi connectivity index (χ1) is 22.7. The molecule has 3 aromatic rings. The number of allylic oxidation sites excluding steroid dienone is 1. The first-order valence-electron chi connectivity index (χ1n) is 16.3. The molecule has 11 heteroatoms. The summed E-state index contributed by atoms with van der Waals surface area (Å²) in [4.78, 5) is 0. The summed E-state index contributed by atoms with van der Waals surface area (Å²) in [5, 5.41) is 0. The zero-order valence-electron chi connectivity index (χ0n) is 26.4. The van der Waals surface area contributed by atoms with Crippen molar-refractivity contribution in [2.45, 2.75) is 89.3 Å². The monoisotopic (exact) mass is 684 g/mol. The highest BCUT2D eigenvalue weighted by Gasteiger charge is 2.42. The molecule has 5 rings (SSSR count). The fraction of sp³-hybridized carbons (Fsp3) is 0.459. The maximum absolute atomic E-state index is 15.0. The topological polar surface area (TPSA) is 18.5 Å². The van der Waals surface area contributed by atoms with Crippen LogP contribution >= 0.6 is 0 Å². The molecule has 2 fully saturated rings. The number of hydrogen-bond donors (Lipinski definition) is 0. The molecule has 0 saturated heterocycles. The molecule has 48 heavy (non-hydrogen) atoms. The van der Waals surface area contributed by atoms with Gasteiger partial charge in [0.2, 0.25) is 0 Å². The van der Waals surface area contributed by atoms with Gasteiger partial charge in [-0.3, -0.25) is 0 Å². The zero-order chi connectivity index (χ0) is 34.6. The van der Waals surface area contributed by atoms with Gasteiger partial charge in [0.1, 0.15) is 22.9 Å². The van der Waals surface area contributed by atoms with Crippen molar-refractivity contribution in [3.63, 3.8) is 0 Å². The summed E-state index contributed by atoms with van der Waals surface area (Å²) in [6.07, 6.45) is 2.38. The van der Waals surface area contributed by atoms with Gasteiger partial charge in [0.25, 0.3) is 0 Å². The molecule has 2 nitrogen and oxygen atoms in total. The van der Waals surface area contributed by atoms with E-state index in [9.17, 15) is 30.7 Å². The molecule has 0 atom stereocenters. The number of benzene rings is 3. The number of hydrogen-bond acceptors (Lipinski definition) is 2. The molecule has 0 heterocycles. The van der Waals surface area contributed by atoms with E-state index >= 15 is 8.78 Å². The zero-order valence-corrected chi connectivity index (χ0v) is 26.4. The van der Waals surface area contributed by atoms with Crippen molar-refractivity contribution in [1.82, 2.24) is 0 Å². The largest absolute Gasteiger partial charge is 0.459 e. The molecule has 0 bridgehead atoms. The van der Waals surface area contributed by atoms with E-state index < -0.39 is 58.7 Å². The van der Waals surface area contributed by atoms with Gasteiger partial charge >= 0.3 is 12.3 Å². The van der Waals surface area contributed by atoms with Crippen LogP contribution in [0.4, 0.5) is 39.5 Å². The second-order valence-corrected chi connectivity index (χ2v) is 12.9. The van der Waals surface area contributed by atoms with Crippen molar-refractivity contribution >= 4 is 0 Å². The lowest BCUT2D eigenvalue weighted by Crippen LogP contribution is -2.25. The maximum Gasteiger partial charge on any atom is 0.432 e. The van der Waals surface area contributed by atoms with Crippen molar-refractivity contribution in [3.8, 4) is 22.6 Å². The highest BCUT2D eigenvalue weighted by molar-refractivity contribution is 5.64. The molecule has 0 spiro atoms. The van der Waals surface area contributed by atoms with Crippen LogP contribution in [0.25, 0.3) is 11.1 Å². The minimum absolute atomic E-state index is 0.00369. The van der Waals surface area contributed by atoms with E-state index in [-0.39, 0.29) is 24.0 Å².